The zero-order valence-electron chi connectivity index (χ0n) is 19.5. The van der Waals surface area contributed by atoms with Crippen LogP contribution in [-0.4, -0.2) is 35.7 Å². The molecule has 0 radical (unpaired) electrons. The first kappa shape index (κ1) is 25.2. The molecule has 0 bridgehead atoms. The molecular formula is C25H27NO7S. The summed E-state index contributed by atoms with van der Waals surface area (Å²) in [6.07, 6.45) is 2.78. The van der Waals surface area contributed by atoms with Crippen molar-refractivity contribution in [2.75, 3.05) is 12.0 Å². The molecular weight excluding hydrogens is 458 g/mol. The first-order chi connectivity index (χ1) is 16.2. The Labute approximate surface area is 201 Å². The monoisotopic (exact) mass is 485 g/mol. The van der Waals surface area contributed by atoms with Crippen LogP contribution in [0, 0.1) is 0 Å². The van der Waals surface area contributed by atoms with E-state index in [4.69, 9.17) is 18.6 Å². The van der Waals surface area contributed by atoms with E-state index in [0.29, 0.717) is 17.9 Å². The molecule has 1 amide bonds. The second kappa shape index (κ2) is 11.1. The Balaban J connectivity index is 1.75. The SMILES string of the molecule is CSCC[C@H](NC(=O)OC(C)(C)C)C(=O)Oc1ccc2c(=O)c(Oc3ccccc3)coc2c1. The fourth-order valence-electron chi connectivity index (χ4n) is 2.96. The number of ether oxygens (including phenoxy) is 3. The third kappa shape index (κ3) is 7.02. The molecule has 0 fully saturated rings. The summed E-state index contributed by atoms with van der Waals surface area (Å²) >= 11 is 1.54. The standard InChI is InChI=1S/C25H27NO7S/c1-25(2,3)33-24(29)26-19(12-13-34-4)23(28)32-17-10-11-18-20(14-17)30-15-21(22(18)27)31-16-8-6-5-7-9-16/h5-11,14-15,19H,12-13H2,1-4H3,(H,26,29)/t19-/m0/s1. The Morgan fingerprint density at radius 3 is 2.50 bits per heavy atom. The number of thioether (sulfide) groups is 1. The van der Waals surface area contributed by atoms with Gasteiger partial charge in [-0.2, -0.15) is 11.8 Å². The molecule has 1 heterocycles. The van der Waals surface area contributed by atoms with E-state index in [2.05, 4.69) is 5.32 Å². The zero-order valence-corrected chi connectivity index (χ0v) is 20.3. The topological polar surface area (TPSA) is 104 Å². The molecule has 2 aromatic carbocycles. The highest BCUT2D eigenvalue weighted by atomic mass is 32.2. The van der Waals surface area contributed by atoms with Gasteiger partial charge in [-0.1, -0.05) is 18.2 Å². The maximum Gasteiger partial charge on any atom is 0.408 e. The molecule has 0 aliphatic rings. The van der Waals surface area contributed by atoms with Crippen molar-refractivity contribution in [2.45, 2.75) is 38.8 Å². The van der Waals surface area contributed by atoms with Crippen LogP contribution in [0.1, 0.15) is 27.2 Å². The van der Waals surface area contributed by atoms with Crippen LogP contribution in [0.2, 0.25) is 0 Å². The van der Waals surface area contributed by atoms with Crippen molar-refractivity contribution in [2.24, 2.45) is 0 Å². The normalized spacial score (nSPS) is 12.1. The second-order valence-electron chi connectivity index (χ2n) is 8.40. The Bertz CT molecular complexity index is 1200. The highest BCUT2D eigenvalue weighted by Crippen LogP contribution is 2.24. The number of hydrogen-bond acceptors (Lipinski definition) is 8. The highest BCUT2D eigenvalue weighted by Gasteiger charge is 2.26. The molecule has 3 rings (SSSR count). The van der Waals surface area contributed by atoms with Crippen LogP contribution in [0.15, 0.2) is 64.0 Å². The van der Waals surface area contributed by atoms with E-state index in [0.717, 1.165) is 0 Å². The van der Waals surface area contributed by atoms with E-state index in [1.807, 2.05) is 12.3 Å². The third-order valence-corrected chi connectivity index (χ3v) is 5.13. The third-order valence-electron chi connectivity index (χ3n) is 4.49. The van der Waals surface area contributed by atoms with Crippen molar-refractivity contribution >= 4 is 34.8 Å². The Kier molecular flexibility index (Phi) is 8.22. The maximum atomic E-state index is 12.8. The molecule has 0 unspecified atom stereocenters. The number of hydrogen-bond donors (Lipinski definition) is 1. The van der Waals surface area contributed by atoms with Gasteiger partial charge in [-0.05, 0) is 63.5 Å². The van der Waals surface area contributed by atoms with E-state index in [1.54, 1.807) is 45.0 Å². The van der Waals surface area contributed by atoms with Crippen LogP contribution in [0.25, 0.3) is 11.0 Å². The molecule has 0 aliphatic carbocycles. The summed E-state index contributed by atoms with van der Waals surface area (Å²) in [7, 11) is 0. The van der Waals surface area contributed by atoms with E-state index in [1.165, 1.54) is 36.2 Å². The summed E-state index contributed by atoms with van der Waals surface area (Å²) in [5, 5.41) is 2.84. The molecule has 1 aromatic heterocycles. The predicted octanol–water partition coefficient (Wildman–Crippen LogP) is 5.14. The van der Waals surface area contributed by atoms with Crippen LogP contribution in [0.4, 0.5) is 4.79 Å². The van der Waals surface area contributed by atoms with Crippen molar-refractivity contribution < 1.29 is 28.2 Å². The molecule has 1 N–H and O–H groups in total. The highest BCUT2D eigenvalue weighted by molar-refractivity contribution is 7.98. The number of carbonyl (C=O) groups excluding carboxylic acids is 2. The van der Waals surface area contributed by atoms with Gasteiger partial charge in [0.15, 0.2) is 0 Å². The molecule has 8 nitrogen and oxygen atoms in total. The zero-order chi connectivity index (χ0) is 24.7. The Hall–Kier alpha value is -3.46. The second-order valence-corrected chi connectivity index (χ2v) is 9.39. The predicted molar refractivity (Wildman–Crippen MR) is 131 cm³/mol. The van der Waals surface area contributed by atoms with Crippen LogP contribution in [-0.2, 0) is 9.53 Å². The maximum absolute atomic E-state index is 12.8. The summed E-state index contributed by atoms with van der Waals surface area (Å²) in [5.41, 5.74) is -0.819. The smallest absolute Gasteiger partial charge is 0.408 e. The first-order valence-corrected chi connectivity index (χ1v) is 12.0. The van der Waals surface area contributed by atoms with Gasteiger partial charge in [0.1, 0.15) is 35.0 Å². The lowest BCUT2D eigenvalue weighted by Crippen LogP contribution is -2.45. The number of nitrogens with one attached hydrogen (secondary N) is 1. The number of rotatable bonds is 8. The van der Waals surface area contributed by atoms with Crippen molar-refractivity contribution in [3.8, 4) is 17.2 Å². The average molecular weight is 486 g/mol. The fourth-order valence-corrected chi connectivity index (χ4v) is 3.43. The molecule has 0 saturated carbocycles. The fraction of sp³-hybridized carbons (Fsp3) is 0.320. The molecule has 180 valence electrons. The van der Waals surface area contributed by atoms with Gasteiger partial charge in [0, 0.05) is 6.07 Å². The van der Waals surface area contributed by atoms with Gasteiger partial charge in [0.25, 0.3) is 0 Å². The molecule has 0 spiro atoms. The molecule has 9 heteroatoms. The van der Waals surface area contributed by atoms with E-state index in [9.17, 15) is 14.4 Å². The van der Waals surface area contributed by atoms with Crippen LogP contribution in [0.3, 0.4) is 0 Å². The summed E-state index contributed by atoms with van der Waals surface area (Å²) in [6, 6.07) is 12.4. The molecule has 3 aromatic rings. The number of carbonyl (C=O) groups is 2. The lowest BCUT2D eigenvalue weighted by molar-refractivity contribution is -0.136. The average Bonchev–Trinajstić information content (AvgIpc) is 2.78. The minimum Gasteiger partial charge on any atom is -0.460 e. The lowest BCUT2D eigenvalue weighted by atomic mass is 10.2. The van der Waals surface area contributed by atoms with Gasteiger partial charge in [-0.25, -0.2) is 9.59 Å². The summed E-state index contributed by atoms with van der Waals surface area (Å²) in [5.74, 6) is 0.713. The summed E-state index contributed by atoms with van der Waals surface area (Å²) in [6.45, 7) is 5.21. The number of amides is 1. The first-order valence-electron chi connectivity index (χ1n) is 10.6. The van der Waals surface area contributed by atoms with Gasteiger partial charge in [-0.15, -0.1) is 0 Å². The minimum atomic E-state index is -0.897. The van der Waals surface area contributed by atoms with Gasteiger partial charge >= 0.3 is 12.1 Å². The Morgan fingerprint density at radius 1 is 1.09 bits per heavy atom. The van der Waals surface area contributed by atoms with Crippen molar-refractivity contribution in [3.05, 3.63) is 65.0 Å². The molecule has 34 heavy (non-hydrogen) atoms. The van der Waals surface area contributed by atoms with Crippen LogP contribution < -0.4 is 20.2 Å². The number of alkyl carbamates (subject to hydrolysis) is 1. The van der Waals surface area contributed by atoms with Crippen LogP contribution >= 0.6 is 11.8 Å². The number of benzene rings is 2. The van der Waals surface area contributed by atoms with E-state index < -0.39 is 23.7 Å². The quantitative estimate of drug-likeness (QED) is 0.346. The number of esters is 1. The van der Waals surface area contributed by atoms with Crippen LogP contribution in [0.5, 0.6) is 17.2 Å². The minimum absolute atomic E-state index is 0.0436. The molecule has 1 atom stereocenters. The van der Waals surface area contributed by atoms with Gasteiger partial charge < -0.3 is 23.9 Å². The van der Waals surface area contributed by atoms with Crippen molar-refractivity contribution in [1.29, 1.82) is 0 Å². The van der Waals surface area contributed by atoms with Gasteiger partial charge in [0.05, 0.1) is 5.39 Å². The van der Waals surface area contributed by atoms with Crippen molar-refractivity contribution in [3.63, 3.8) is 0 Å². The number of para-hydroxylation sites is 1. The Morgan fingerprint density at radius 2 is 1.82 bits per heavy atom. The van der Waals surface area contributed by atoms with E-state index >= 15 is 0 Å². The van der Waals surface area contributed by atoms with Gasteiger partial charge in [-0.3, -0.25) is 4.79 Å². The van der Waals surface area contributed by atoms with Gasteiger partial charge in [0.2, 0.25) is 11.2 Å². The molecule has 0 aliphatic heterocycles. The summed E-state index contributed by atoms with van der Waals surface area (Å²) < 4.78 is 21.9. The summed E-state index contributed by atoms with van der Waals surface area (Å²) in [4.78, 5) is 37.7. The molecule has 0 saturated heterocycles. The lowest BCUT2D eigenvalue weighted by Gasteiger charge is -2.22. The number of fused-ring (bicyclic) bond motifs is 1. The van der Waals surface area contributed by atoms with E-state index in [-0.39, 0.29) is 27.9 Å². The van der Waals surface area contributed by atoms with Crippen molar-refractivity contribution in [1.82, 2.24) is 5.32 Å². The largest absolute Gasteiger partial charge is 0.460 e.